The molecule has 2 aromatic heterocycles. The number of hydrogen-bond donors (Lipinski definition) is 1. The van der Waals surface area contributed by atoms with Crippen LogP contribution in [-0.4, -0.2) is 58.0 Å². The average Bonchev–Trinajstić information content (AvgIpc) is 3.02. The Hall–Kier alpha value is -1.83. The molecule has 1 aromatic carbocycles. The van der Waals surface area contributed by atoms with E-state index in [2.05, 4.69) is 9.88 Å². The van der Waals surface area contributed by atoms with E-state index in [-0.39, 0.29) is 5.56 Å². The fourth-order valence-electron chi connectivity index (χ4n) is 3.26. The number of benzene rings is 1. The second kappa shape index (κ2) is 7.19. The van der Waals surface area contributed by atoms with Crippen LogP contribution in [0.25, 0.3) is 21.9 Å². The molecule has 0 saturated carbocycles. The maximum atomic E-state index is 12.9. The van der Waals surface area contributed by atoms with E-state index in [1.54, 1.807) is 16.3 Å². The summed E-state index contributed by atoms with van der Waals surface area (Å²) in [6, 6.07) is 7.94. The minimum absolute atomic E-state index is 0.0116. The number of nitrogens with zero attached hydrogens (tertiary/aromatic N) is 3. The molecule has 3 heterocycles. The van der Waals surface area contributed by atoms with E-state index in [0.29, 0.717) is 12.1 Å². The van der Waals surface area contributed by atoms with E-state index in [9.17, 15) is 4.79 Å². The standard InChI is InChI=1S/C18H22N4O2S/c1-2-22-17(23)16-15(13-5-3-4-6-14(13)19-16)20-18(22)25-12-9-21-7-10-24-11-8-21/h3-6,19H,2,7-12H2,1H3. The number of para-hydroxylation sites is 1. The lowest BCUT2D eigenvalue weighted by Crippen LogP contribution is -2.37. The van der Waals surface area contributed by atoms with Crippen LogP contribution in [0.5, 0.6) is 0 Å². The number of morpholine rings is 1. The predicted molar refractivity (Wildman–Crippen MR) is 102 cm³/mol. The number of ether oxygens (including phenoxy) is 1. The number of rotatable bonds is 5. The van der Waals surface area contributed by atoms with Crippen LogP contribution in [0.4, 0.5) is 0 Å². The lowest BCUT2D eigenvalue weighted by molar-refractivity contribution is 0.0410. The molecule has 6 nitrogen and oxygen atoms in total. The highest BCUT2D eigenvalue weighted by atomic mass is 32.2. The molecular weight excluding hydrogens is 336 g/mol. The van der Waals surface area contributed by atoms with Crippen LogP contribution in [0.3, 0.4) is 0 Å². The van der Waals surface area contributed by atoms with Gasteiger partial charge in [0.05, 0.1) is 13.2 Å². The quantitative estimate of drug-likeness (QED) is 0.560. The summed E-state index contributed by atoms with van der Waals surface area (Å²) in [5.74, 6) is 0.917. The summed E-state index contributed by atoms with van der Waals surface area (Å²) < 4.78 is 7.15. The summed E-state index contributed by atoms with van der Waals surface area (Å²) in [6.45, 7) is 7.18. The molecular formula is C18H22N4O2S. The summed E-state index contributed by atoms with van der Waals surface area (Å²) in [7, 11) is 0. The van der Waals surface area contributed by atoms with Crippen LogP contribution >= 0.6 is 11.8 Å². The minimum atomic E-state index is 0.0116. The van der Waals surface area contributed by atoms with E-state index in [1.807, 2.05) is 31.2 Å². The maximum absolute atomic E-state index is 12.9. The van der Waals surface area contributed by atoms with Crippen LogP contribution in [0.15, 0.2) is 34.2 Å². The minimum Gasteiger partial charge on any atom is -0.379 e. The molecule has 0 bridgehead atoms. The van der Waals surface area contributed by atoms with Crippen molar-refractivity contribution in [3.8, 4) is 0 Å². The van der Waals surface area contributed by atoms with Crippen LogP contribution < -0.4 is 5.56 Å². The second-order valence-electron chi connectivity index (χ2n) is 6.14. The van der Waals surface area contributed by atoms with Crippen molar-refractivity contribution in [1.82, 2.24) is 19.4 Å². The molecule has 1 aliphatic rings. The maximum Gasteiger partial charge on any atom is 0.278 e. The summed E-state index contributed by atoms with van der Waals surface area (Å²) in [5, 5.41) is 1.81. The topological polar surface area (TPSA) is 63.1 Å². The van der Waals surface area contributed by atoms with Crippen molar-refractivity contribution >= 4 is 33.7 Å². The Balaban J connectivity index is 1.64. The molecule has 3 aromatic rings. The van der Waals surface area contributed by atoms with Crippen molar-refractivity contribution in [3.63, 3.8) is 0 Å². The normalized spacial score (nSPS) is 16.0. The highest BCUT2D eigenvalue weighted by Gasteiger charge is 2.16. The van der Waals surface area contributed by atoms with Crippen LogP contribution in [-0.2, 0) is 11.3 Å². The zero-order valence-corrected chi connectivity index (χ0v) is 15.1. The summed E-state index contributed by atoms with van der Waals surface area (Å²) in [6.07, 6.45) is 0. The molecule has 0 aliphatic carbocycles. The van der Waals surface area contributed by atoms with Crippen LogP contribution in [0, 0.1) is 0 Å². The third kappa shape index (κ3) is 3.19. The molecule has 1 aliphatic heterocycles. The third-order valence-corrected chi connectivity index (χ3v) is 5.59. The Labute approximate surface area is 150 Å². The molecule has 1 saturated heterocycles. The van der Waals surface area contributed by atoms with Crippen molar-refractivity contribution < 1.29 is 4.74 Å². The van der Waals surface area contributed by atoms with Gasteiger partial charge in [-0.1, -0.05) is 30.0 Å². The SMILES string of the molecule is CCn1c(SCCN2CCOCC2)nc2c([nH]c3ccccc32)c1=O. The first-order valence-corrected chi connectivity index (χ1v) is 9.70. The Morgan fingerprint density at radius 2 is 2.08 bits per heavy atom. The number of fused-ring (bicyclic) bond motifs is 3. The number of H-pyrrole nitrogens is 1. The molecule has 7 heteroatoms. The molecule has 0 unspecified atom stereocenters. The largest absolute Gasteiger partial charge is 0.379 e. The van der Waals surface area contributed by atoms with Crippen molar-refractivity contribution in [2.75, 3.05) is 38.6 Å². The second-order valence-corrected chi connectivity index (χ2v) is 7.20. The molecule has 1 N–H and O–H groups in total. The van der Waals surface area contributed by atoms with Crippen LogP contribution in [0.2, 0.25) is 0 Å². The first kappa shape index (κ1) is 16.6. The molecule has 25 heavy (non-hydrogen) atoms. The molecule has 4 rings (SSSR count). The van der Waals surface area contributed by atoms with Gasteiger partial charge in [-0.2, -0.15) is 0 Å². The summed E-state index contributed by atoms with van der Waals surface area (Å²) in [5.41, 5.74) is 2.34. The number of aromatic nitrogens is 3. The van der Waals surface area contributed by atoms with Crippen LogP contribution in [0.1, 0.15) is 6.92 Å². The fourth-order valence-corrected chi connectivity index (χ4v) is 4.31. The van der Waals surface area contributed by atoms with E-state index in [4.69, 9.17) is 9.72 Å². The zero-order valence-electron chi connectivity index (χ0n) is 14.3. The monoisotopic (exact) mass is 358 g/mol. The van der Waals surface area contributed by atoms with Crippen molar-refractivity contribution in [1.29, 1.82) is 0 Å². The van der Waals surface area contributed by atoms with Gasteiger partial charge < -0.3 is 9.72 Å². The van der Waals surface area contributed by atoms with Gasteiger partial charge in [0, 0.05) is 42.8 Å². The summed E-state index contributed by atoms with van der Waals surface area (Å²) in [4.78, 5) is 23.3. The van der Waals surface area contributed by atoms with Gasteiger partial charge in [0.2, 0.25) is 0 Å². The van der Waals surface area contributed by atoms with Crippen molar-refractivity contribution in [2.24, 2.45) is 0 Å². The number of nitrogens with one attached hydrogen (secondary N) is 1. The van der Waals surface area contributed by atoms with E-state index in [0.717, 1.165) is 60.2 Å². The van der Waals surface area contributed by atoms with Gasteiger partial charge in [0.1, 0.15) is 11.0 Å². The third-order valence-electron chi connectivity index (χ3n) is 4.63. The molecule has 0 atom stereocenters. The van der Waals surface area contributed by atoms with Gasteiger partial charge in [-0.15, -0.1) is 0 Å². The Morgan fingerprint density at radius 3 is 2.88 bits per heavy atom. The summed E-state index contributed by atoms with van der Waals surface area (Å²) >= 11 is 1.66. The van der Waals surface area contributed by atoms with Gasteiger partial charge >= 0.3 is 0 Å². The first-order chi connectivity index (χ1) is 12.3. The van der Waals surface area contributed by atoms with E-state index < -0.39 is 0 Å². The van der Waals surface area contributed by atoms with E-state index >= 15 is 0 Å². The van der Waals surface area contributed by atoms with E-state index in [1.165, 1.54) is 0 Å². The van der Waals surface area contributed by atoms with Gasteiger partial charge in [-0.05, 0) is 13.0 Å². The van der Waals surface area contributed by atoms with Crippen molar-refractivity contribution in [3.05, 3.63) is 34.6 Å². The lowest BCUT2D eigenvalue weighted by atomic mass is 10.2. The van der Waals surface area contributed by atoms with Gasteiger partial charge in [0.15, 0.2) is 5.16 Å². The molecule has 0 spiro atoms. The average molecular weight is 358 g/mol. The molecule has 132 valence electrons. The van der Waals surface area contributed by atoms with Gasteiger partial charge in [0.25, 0.3) is 5.56 Å². The van der Waals surface area contributed by atoms with Crippen molar-refractivity contribution in [2.45, 2.75) is 18.6 Å². The fraction of sp³-hybridized carbons (Fsp3) is 0.444. The predicted octanol–water partition coefficient (Wildman–Crippen LogP) is 2.32. The molecule has 0 amide bonds. The zero-order chi connectivity index (χ0) is 17.2. The van der Waals surface area contributed by atoms with Gasteiger partial charge in [-0.3, -0.25) is 14.3 Å². The molecule has 1 fully saturated rings. The first-order valence-electron chi connectivity index (χ1n) is 8.72. The highest BCUT2D eigenvalue weighted by molar-refractivity contribution is 7.99. The Kier molecular flexibility index (Phi) is 4.78. The van der Waals surface area contributed by atoms with Gasteiger partial charge in [-0.25, -0.2) is 4.98 Å². The Morgan fingerprint density at radius 1 is 1.28 bits per heavy atom. The highest BCUT2D eigenvalue weighted by Crippen LogP contribution is 2.24. The Bertz CT molecular complexity index is 943. The number of hydrogen-bond acceptors (Lipinski definition) is 5. The smallest absolute Gasteiger partial charge is 0.278 e. The lowest BCUT2D eigenvalue weighted by Gasteiger charge is -2.26. The number of aromatic amines is 1. The number of thioether (sulfide) groups is 1. The molecule has 0 radical (unpaired) electrons.